The Bertz CT molecular complexity index is 486. The summed E-state index contributed by atoms with van der Waals surface area (Å²) in [6, 6.07) is 13.2. The quantitative estimate of drug-likeness (QED) is 0.884. The SMILES string of the molecule is Cc1ccc(C(C)NCc2ccc(C)nc2)cc1. The average Bonchev–Trinajstić information content (AvgIpc) is 2.38. The number of nitrogens with one attached hydrogen (secondary N) is 1. The van der Waals surface area contributed by atoms with E-state index in [1.165, 1.54) is 16.7 Å². The van der Waals surface area contributed by atoms with Crippen LogP contribution in [0.15, 0.2) is 42.6 Å². The Morgan fingerprint density at radius 2 is 1.78 bits per heavy atom. The second-order valence-corrected chi connectivity index (χ2v) is 4.82. The zero-order chi connectivity index (χ0) is 13.0. The highest BCUT2D eigenvalue weighted by Gasteiger charge is 2.04. The van der Waals surface area contributed by atoms with Gasteiger partial charge in [0.15, 0.2) is 0 Å². The molecule has 0 aliphatic rings. The second kappa shape index (κ2) is 5.78. The van der Waals surface area contributed by atoms with Crippen molar-refractivity contribution >= 4 is 0 Å². The molecule has 1 aromatic heterocycles. The van der Waals surface area contributed by atoms with E-state index >= 15 is 0 Å². The van der Waals surface area contributed by atoms with Crippen LogP contribution in [-0.2, 0) is 6.54 Å². The van der Waals surface area contributed by atoms with Crippen LogP contribution in [0.25, 0.3) is 0 Å². The summed E-state index contributed by atoms with van der Waals surface area (Å²) in [5.41, 5.74) is 4.90. The predicted molar refractivity (Wildman–Crippen MR) is 75.4 cm³/mol. The lowest BCUT2D eigenvalue weighted by Crippen LogP contribution is -2.18. The lowest BCUT2D eigenvalue weighted by molar-refractivity contribution is 0.573. The van der Waals surface area contributed by atoms with Crippen LogP contribution in [0.5, 0.6) is 0 Å². The Labute approximate surface area is 109 Å². The van der Waals surface area contributed by atoms with Crippen molar-refractivity contribution in [3.05, 3.63) is 65.0 Å². The molecular weight excluding hydrogens is 220 g/mol. The predicted octanol–water partition coefficient (Wildman–Crippen LogP) is 3.55. The fourth-order valence-corrected chi connectivity index (χ4v) is 1.85. The lowest BCUT2D eigenvalue weighted by atomic mass is 10.1. The van der Waals surface area contributed by atoms with Crippen molar-refractivity contribution in [3.63, 3.8) is 0 Å². The van der Waals surface area contributed by atoms with E-state index < -0.39 is 0 Å². The Kier molecular flexibility index (Phi) is 4.11. The molecule has 0 spiro atoms. The van der Waals surface area contributed by atoms with Gasteiger partial charge in [0.05, 0.1) is 0 Å². The van der Waals surface area contributed by atoms with Gasteiger partial charge in [0.25, 0.3) is 0 Å². The van der Waals surface area contributed by atoms with E-state index in [-0.39, 0.29) is 0 Å². The fraction of sp³-hybridized carbons (Fsp3) is 0.312. The van der Waals surface area contributed by atoms with Crippen molar-refractivity contribution in [2.24, 2.45) is 0 Å². The second-order valence-electron chi connectivity index (χ2n) is 4.82. The molecule has 0 saturated carbocycles. The average molecular weight is 240 g/mol. The molecule has 0 amide bonds. The first-order valence-electron chi connectivity index (χ1n) is 6.36. The molecule has 0 bridgehead atoms. The minimum absolute atomic E-state index is 0.354. The van der Waals surface area contributed by atoms with Crippen molar-refractivity contribution in [1.29, 1.82) is 0 Å². The maximum absolute atomic E-state index is 4.30. The van der Waals surface area contributed by atoms with Gasteiger partial charge in [-0.25, -0.2) is 0 Å². The Balaban J connectivity index is 1.93. The summed E-state index contributed by atoms with van der Waals surface area (Å²) in [5, 5.41) is 3.51. The monoisotopic (exact) mass is 240 g/mol. The number of nitrogens with zero attached hydrogens (tertiary/aromatic N) is 1. The summed E-state index contributed by atoms with van der Waals surface area (Å²) >= 11 is 0. The molecule has 2 heteroatoms. The molecule has 1 unspecified atom stereocenters. The molecule has 1 heterocycles. The van der Waals surface area contributed by atoms with E-state index in [2.05, 4.69) is 54.5 Å². The molecule has 0 saturated heterocycles. The highest BCUT2D eigenvalue weighted by molar-refractivity contribution is 5.24. The number of rotatable bonds is 4. The first-order valence-corrected chi connectivity index (χ1v) is 6.36. The first-order chi connectivity index (χ1) is 8.65. The van der Waals surface area contributed by atoms with Crippen molar-refractivity contribution in [2.45, 2.75) is 33.4 Å². The fourth-order valence-electron chi connectivity index (χ4n) is 1.85. The van der Waals surface area contributed by atoms with Crippen LogP contribution < -0.4 is 5.32 Å². The maximum Gasteiger partial charge on any atom is 0.0372 e. The van der Waals surface area contributed by atoms with Crippen LogP contribution in [0, 0.1) is 13.8 Å². The number of aromatic nitrogens is 1. The molecule has 0 radical (unpaired) electrons. The lowest BCUT2D eigenvalue weighted by Gasteiger charge is -2.14. The highest BCUT2D eigenvalue weighted by atomic mass is 14.9. The maximum atomic E-state index is 4.30. The molecule has 0 aliphatic carbocycles. The van der Waals surface area contributed by atoms with Gasteiger partial charge in [-0.1, -0.05) is 35.9 Å². The van der Waals surface area contributed by atoms with Crippen LogP contribution in [-0.4, -0.2) is 4.98 Å². The molecule has 94 valence electrons. The number of pyridine rings is 1. The normalized spacial score (nSPS) is 12.4. The van der Waals surface area contributed by atoms with E-state index in [0.717, 1.165) is 12.2 Å². The van der Waals surface area contributed by atoms with Gasteiger partial charge in [0, 0.05) is 24.5 Å². The van der Waals surface area contributed by atoms with Gasteiger partial charge in [-0.3, -0.25) is 4.98 Å². The van der Waals surface area contributed by atoms with Crippen LogP contribution in [0.1, 0.15) is 35.3 Å². The summed E-state index contributed by atoms with van der Waals surface area (Å²) < 4.78 is 0. The van der Waals surface area contributed by atoms with Gasteiger partial charge in [-0.2, -0.15) is 0 Å². The topological polar surface area (TPSA) is 24.9 Å². The first kappa shape index (κ1) is 12.8. The standard InChI is InChI=1S/C16H20N2/c1-12-4-8-16(9-5-12)14(3)18-11-15-7-6-13(2)17-10-15/h4-10,14,18H,11H2,1-3H3. The van der Waals surface area contributed by atoms with Gasteiger partial charge >= 0.3 is 0 Å². The number of benzene rings is 1. The summed E-state index contributed by atoms with van der Waals surface area (Å²) in [6.45, 7) is 7.15. The third kappa shape index (κ3) is 3.41. The minimum atomic E-state index is 0.354. The summed E-state index contributed by atoms with van der Waals surface area (Å²) in [5.74, 6) is 0. The molecule has 1 N–H and O–H groups in total. The summed E-state index contributed by atoms with van der Waals surface area (Å²) in [4.78, 5) is 4.30. The third-order valence-electron chi connectivity index (χ3n) is 3.16. The van der Waals surface area contributed by atoms with Crippen LogP contribution in [0.2, 0.25) is 0 Å². The van der Waals surface area contributed by atoms with Crippen molar-refractivity contribution in [2.75, 3.05) is 0 Å². The zero-order valence-electron chi connectivity index (χ0n) is 11.3. The van der Waals surface area contributed by atoms with E-state index in [4.69, 9.17) is 0 Å². The molecule has 1 aromatic carbocycles. The van der Waals surface area contributed by atoms with E-state index in [0.29, 0.717) is 6.04 Å². The van der Waals surface area contributed by atoms with E-state index in [1.54, 1.807) is 0 Å². The minimum Gasteiger partial charge on any atom is -0.306 e. The van der Waals surface area contributed by atoms with Crippen LogP contribution in [0.3, 0.4) is 0 Å². The Morgan fingerprint density at radius 1 is 1.06 bits per heavy atom. The number of hydrogen-bond acceptors (Lipinski definition) is 2. The Morgan fingerprint density at radius 3 is 2.39 bits per heavy atom. The molecule has 0 aliphatic heterocycles. The molecule has 2 rings (SSSR count). The largest absolute Gasteiger partial charge is 0.306 e. The van der Waals surface area contributed by atoms with Crippen LogP contribution >= 0.6 is 0 Å². The molecular formula is C16H20N2. The van der Waals surface area contributed by atoms with Gasteiger partial charge < -0.3 is 5.32 Å². The van der Waals surface area contributed by atoms with Gasteiger partial charge in [-0.05, 0) is 38.0 Å². The Hall–Kier alpha value is -1.67. The highest BCUT2D eigenvalue weighted by Crippen LogP contribution is 2.13. The van der Waals surface area contributed by atoms with Crippen molar-refractivity contribution in [1.82, 2.24) is 10.3 Å². The zero-order valence-corrected chi connectivity index (χ0v) is 11.3. The molecule has 2 nitrogen and oxygen atoms in total. The van der Waals surface area contributed by atoms with Gasteiger partial charge in [0.2, 0.25) is 0 Å². The smallest absolute Gasteiger partial charge is 0.0372 e. The molecule has 0 fully saturated rings. The van der Waals surface area contributed by atoms with Gasteiger partial charge in [-0.15, -0.1) is 0 Å². The molecule has 2 aromatic rings. The molecule has 18 heavy (non-hydrogen) atoms. The summed E-state index contributed by atoms with van der Waals surface area (Å²) in [6.07, 6.45) is 1.93. The third-order valence-corrected chi connectivity index (χ3v) is 3.16. The number of hydrogen-bond donors (Lipinski definition) is 1. The summed E-state index contributed by atoms with van der Waals surface area (Å²) in [7, 11) is 0. The van der Waals surface area contributed by atoms with Crippen molar-refractivity contribution < 1.29 is 0 Å². The van der Waals surface area contributed by atoms with Crippen LogP contribution in [0.4, 0.5) is 0 Å². The van der Waals surface area contributed by atoms with Crippen molar-refractivity contribution in [3.8, 4) is 0 Å². The van der Waals surface area contributed by atoms with E-state index in [1.807, 2.05) is 19.2 Å². The number of aryl methyl sites for hydroxylation is 2. The van der Waals surface area contributed by atoms with E-state index in [9.17, 15) is 0 Å². The van der Waals surface area contributed by atoms with Gasteiger partial charge in [0.1, 0.15) is 0 Å². The molecule has 1 atom stereocenters.